The van der Waals surface area contributed by atoms with Crippen molar-refractivity contribution in [2.45, 2.75) is 37.3 Å². The largest absolute Gasteiger partial charge is 0.394 e. The van der Waals surface area contributed by atoms with Crippen LogP contribution in [-0.2, 0) is 20.8 Å². The van der Waals surface area contributed by atoms with Gasteiger partial charge in [-0.1, -0.05) is 30.3 Å². The minimum Gasteiger partial charge on any atom is -0.394 e. The van der Waals surface area contributed by atoms with Crippen molar-refractivity contribution in [3.8, 4) is 0 Å². The van der Waals surface area contributed by atoms with E-state index in [4.69, 9.17) is 19.3 Å². The molecule has 5 atom stereocenters. The van der Waals surface area contributed by atoms with Crippen LogP contribution in [0.15, 0.2) is 30.3 Å². The lowest BCUT2D eigenvalue weighted by Gasteiger charge is -2.41. The molecule has 1 aliphatic rings. The van der Waals surface area contributed by atoms with Gasteiger partial charge >= 0.3 is 0 Å². The van der Waals surface area contributed by atoms with E-state index in [1.807, 2.05) is 30.3 Å². The Morgan fingerprint density at radius 1 is 1.15 bits per heavy atom. The third kappa shape index (κ3) is 3.35. The van der Waals surface area contributed by atoms with Crippen molar-refractivity contribution in [1.29, 1.82) is 0 Å². The predicted octanol–water partition coefficient (Wildman–Crippen LogP) is -0.343. The fraction of sp³-hybridized carbons (Fsp3) is 0.571. The highest BCUT2D eigenvalue weighted by Gasteiger charge is 2.45. The summed E-state index contributed by atoms with van der Waals surface area (Å²) in [6.45, 7) is -0.133. The van der Waals surface area contributed by atoms with Crippen LogP contribution < -0.4 is 0 Å². The molecule has 0 spiro atoms. The first-order valence-electron chi connectivity index (χ1n) is 6.48. The molecule has 6 nitrogen and oxygen atoms in total. The Labute approximate surface area is 117 Å². The molecule has 3 N–H and O–H groups in total. The summed E-state index contributed by atoms with van der Waals surface area (Å²) in [5, 5.41) is 29.0. The molecule has 0 saturated carbocycles. The number of hydrogen-bond donors (Lipinski definition) is 3. The summed E-state index contributed by atoms with van der Waals surface area (Å²) < 4.78 is 16.1. The van der Waals surface area contributed by atoms with Crippen LogP contribution in [0.5, 0.6) is 0 Å². The summed E-state index contributed by atoms with van der Waals surface area (Å²) in [7, 11) is 1.42. The number of methoxy groups -OCH3 is 1. The van der Waals surface area contributed by atoms with E-state index in [2.05, 4.69) is 0 Å². The van der Waals surface area contributed by atoms with Crippen LogP contribution in [0.1, 0.15) is 5.56 Å². The second-order valence-corrected chi connectivity index (χ2v) is 4.70. The van der Waals surface area contributed by atoms with E-state index in [0.29, 0.717) is 0 Å². The smallest absolute Gasteiger partial charge is 0.186 e. The van der Waals surface area contributed by atoms with Gasteiger partial charge in [-0.2, -0.15) is 0 Å². The Bertz CT molecular complexity index is 396. The second kappa shape index (κ2) is 7.12. The maximum atomic E-state index is 10.1. The van der Waals surface area contributed by atoms with Gasteiger partial charge in [-0.25, -0.2) is 0 Å². The number of hydrogen-bond acceptors (Lipinski definition) is 6. The molecule has 1 fully saturated rings. The Balaban J connectivity index is 2.01. The Morgan fingerprint density at radius 3 is 2.45 bits per heavy atom. The Hall–Kier alpha value is -1.02. The van der Waals surface area contributed by atoms with Crippen LogP contribution in [0.2, 0.25) is 0 Å². The lowest BCUT2D eigenvalue weighted by Crippen LogP contribution is -2.59. The number of aliphatic hydroxyl groups excluding tert-OH is 3. The van der Waals surface area contributed by atoms with E-state index in [1.54, 1.807) is 0 Å². The first kappa shape index (κ1) is 15.4. The molecule has 0 bridgehead atoms. The zero-order valence-corrected chi connectivity index (χ0v) is 11.3. The summed E-state index contributed by atoms with van der Waals surface area (Å²) in [6, 6.07) is 9.46. The van der Waals surface area contributed by atoms with Gasteiger partial charge in [-0.15, -0.1) is 0 Å². The van der Waals surface area contributed by atoms with Crippen molar-refractivity contribution in [3.63, 3.8) is 0 Å². The number of rotatable bonds is 5. The molecule has 20 heavy (non-hydrogen) atoms. The molecule has 1 saturated heterocycles. The first-order valence-corrected chi connectivity index (χ1v) is 6.48. The topological polar surface area (TPSA) is 88.4 Å². The third-order valence-corrected chi connectivity index (χ3v) is 3.34. The Kier molecular flexibility index (Phi) is 5.47. The molecule has 0 radical (unpaired) electrons. The Morgan fingerprint density at radius 2 is 1.85 bits per heavy atom. The highest BCUT2D eigenvalue weighted by atomic mass is 16.7. The van der Waals surface area contributed by atoms with Crippen molar-refractivity contribution in [3.05, 3.63) is 35.9 Å². The van der Waals surface area contributed by atoms with Gasteiger partial charge in [0, 0.05) is 7.11 Å². The number of ether oxygens (including phenoxy) is 3. The van der Waals surface area contributed by atoms with Crippen LogP contribution in [0.25, 0.3) is 0 Å². The highest BCUT2D eigenvalue weighted by Crippen LogP contribution is 2.24. The normalized spacial score (nSPS) is 34.1. The number of aliphatic hydroxyl groups is 3. The fourth-order valence-electron chi connectivity index (χ4n) is 2.19. The average Bonchev–Trinajstić information content (AvgIpc) is 2.49. The van der Waals surface area contributed by atoms with Crippen molar-refractivity contribution < 1.29 is 29.5 Å². The van der Waals surface area contributed by atoms with Crippen LogP contribution in [0.3, 0.4) is 0 Å². The molecule has 1 aromatic carbocycles. The van der Waals surface area contributed by atoms with E-state index in [9.17, 15) is 10.2 Å². The summed E-state index contributed by atoms with van der Waals surface area (Å²) in [5.74, 6) is 0. The zero-order chi connectivity index (χ0) is 14.5. The predicted molar refractivity (Wildman–Crippen MR) is 69.8 cm³/mol. The quantitative estimate of drug-likeness (QED) is 0.685. The summed E-state index contributed by atoms with van der Waals surface area (Å²) in [4.78, 5) is 0. The lowest BCUT2D eigenvalue weighted by molar-refractivity contribution is -0.305. The molecule has 0 unspecified atom stereocenters. The monoisotopic (exact) mass is 284 g/mol. The SMILES string of the molecule is CO[C@H]1O[C@H](CO)[C@@H](O)[C@H](O)[C@H]1OCc1ccccc1. The summed E-state index contributed by atoms with van der Waals surface area (Å²) in [6.07, 6.45) is -4.94. The first-order chi connectivity index (χ1) is 9.67. The van der Waals surface area contributed by atoms with Crippen molar-refractivity contribution in [2.24, 2.45) is 0 Å². The van der Waals surface area contributed by atoms with Gasteiger partial charge in [0.05, 0.1) is 13.2 Å². The van der Waals surface area contributed by atoms with Crippen molar-refractivity contribution in [2.75, 3.05) is 13.7 Å². The average molecular weight is 284 g/mol. The molecule has 0 aliphatic carbocycles. The van der Waals surface area contributed by atoms with Gasteiger partial charge in [0.2, 0.25) is 0 Å². The maximum Gasteiger partial charge on any atom is 0.186 e. The molecule has 1 aliphatic heterocycles. The molecule has 6 heteroatoms. The van der Waals surface area contributed by atoms with E-state index in [1.165, 1.54) is 7.11 Å². The third-order valence-electron chi connectivity index (χ3n) is 3.34. The second-order valence-electron chi connectivity index (χ2n) is 4.70. The molecule has 1 heterocycles. The highest BCUT2D eigenvalue weighted by molar-refractivity contribution is 5.13. The van der Waals surface area contributed by atoms with Crippen LogP contribution >= 0.6 is 0 Å². The minimum absolute atomic E-state index is 0.266. The fourth-order valence-corrected chi connectivity index (χ4v) is 2.19. The molecule has 0 aromatic heterocycles. The summed E-state index contributed by atoms with van der Waals surface area (Å²) >= 11 is 0. The van der Waals surface area contributed by atoms with Gasteiger partial charge in [-0.3, -0.25) is 0 Å². The molecule has 2 rings (SSSR count). The zero-order valence-electron chi connectivity index (χ0n) is 11.3. The molecule has 1 aromatic rings. The van der Waals surface area contributed by atoms with Gasteiger partial charge in [-0.05, 0) is 5.56 Å². The van der Waals surface area contributed by atoms with Crippen molar-refractivity contribution in [1.82, 2.24) is 0 Å². The van der Waals surface area contributed by atoms with E-state index in [-0.39, 0.29) is 6.61 Å². The van der Waals surface area contributed by atoms with Crippen LogP contribution in [0, 0.1) is 0 Å². The van der Waals surface area contributed by atoms with Crippen molar-refractivity contribution >= 4 is 0 Å². The van der Waals surface area contributed by atoms with Crippen LogP contribution in [0.4, 0.5) is 0 Å². The standard InChI is InChI=1S/C14H20O6/c1-18-14-13(12(17)11(16)10(7-15)20-14)19-8-9-5-3-2-4-6-9/h2-6,10-17H,7-8H2,1H3/t10-,11-,12+,13-,14+/m1/s1. The molecular formula is C14H20O6. The number of benzene rings is 1. The minimum atomic E-state index is -1.22. The molecular weight excluding hydrogens is 264 g/mol. The summed E-state index contributed by atoms with van der Waals surface area (Å²) in [5.41, 5.74) is 0.938. The van der Waals surface area contributed by atoms with Gasteiger partial charge in [0.25, 0.3) is 0 Å². The van der Waals surface area contributed by atoms with Gasteiger partial charge in [0.1, 0.15) is 24.4 Å². The van der Waals surface area contributed by atoms with E-state index in [0.717, 1.165) is 5.56 Å². The van der Waals surface area contributed by atoms with E-state index >= 15 is 0 Å². The van der Waals surface area contributed by atoms with Crippen LogP contribution in [-0.4, -0.2) is 59.7 Å². The van der Waals surface area contributed by atoms with Gasteiger partial charge < -0.3 is 29.5 Å². The maximum absolute atomic E-state index is 10.1. The lowest BCUT2D eigenvalue weighted by atomic mass is 9.99. The molecule has 0 amide bonds. The van der Waals surface area contributed by atoms with E-state index < -0.39 is 37.3 Å². The molecule has 112 valence electrons. The van der Waals surface area contributed by atoms with Gasteiger partial charge in [0.15, 0.2) is 6.29 Å².